The average Bonchev–Trinajstić information content (AvgIpc) is 3.03. The van der Waals surface area contributed by atoms with Gasteiger partial charge in [0.05, 0.1) is 10.8 Å². The van der Waals surface area contributed by atoms with Crippen LogP contribution in [0, 0.1) is 11.7 Å². The number of ether oxygens (including phenoxy) is 1. The highest BCUT2D eigenvalue weighted by Gasteiger charge is 2.35. The first-order valence-electron chi connectivity index (χ1n) is 10.5. The van der Waals surface area contributed by atoms with E-state index in [0.29, 0.717) is 25.9 Å². The number of esters is 1. The number of hydrogen-bond acceptors (Lipinski definition) is 5. The molecule has 30 heavy (non-hydrogen) atoms. The molecule has 3 rings (SSSR count). The molecular formula is C21H29FN2O5S. The van der Waals surface area contributed by atoms with Gasteiger partial charge in [-0.3, -0.25) is 9.59 Å². The predicted octanol–water partition coefficient (Wildman–Crippen LogP) is 2.56. The lowest BCUT2D eigenvalue weighted by Gasteiger charge is -2.31. The van der Waals surface area contributed by atoms with Crippen LogP contribution in [0.3, 0.4) is 0 Å². The van der Waals surface area contributed by atoms with Crippen molar-refractivity contribution in [2.75, 3.05) is 26.2 Å². The number of benzene rings is 1. The van der Waals surface area contributed by atoms with Crippen molar-refractivity contribution in [1.29, 1.82) is 0 Å². The fourth-order valence-electron chi connectivity index (χ4n) is 3.98. The highest BCUT2D eigenvalue weighted by molar-refractivity contribution is 7.89. The van der Waals surface area contributed by atoms with E-state index in [4.69, 9.17) is 4.74 Å². The van der Waals surface area contributed by atoms with Gasteiger partial charge in [0.15, 0.2) is 6.10 Å². The number of amides is 1. The number of rotatable bonds is 5. The summed E-state index contributed by atoms with van der Waals surface area (Å²) >= 11 is 0. The summed E-state index contributed by atoms with van der Waals surface area (Å²) in [4.78, 5) is 27.0. The van der Waals surface area contributed by atoms with E-state index in [0.717, 1.165) is 37.8 Å². The molecule has 2 heterocycles. The Morgan fingerprint density at radius 1 is 1.03 bits per heavy atom. The highest BCUT2D eigenvalue weighted by Crippen LogP contribution is 2.25. The molecule has 0 radical (unpaired) electrons. The van der Waals surface area contributed by atoms with Gasteiger partial charge in [-0.2, -0.15) is 4.31 Å². The molecule has 2 fully saturated rings. The largest absolute Gasteiger partial charge is 0.452 e. The molecular weight excluding hydrogens is 411 g/mol. The molecule has 166 valence electrons. The van der Waals surface area contributed by atoms with E-state index in [1.807, 2.05) is 0 Å². The predicted molar refractivity (Wildman–Crippen MR) is 108 cm³/mol. The molecule has 2 atom stereocenters. The van der Waals surface area contributed by atoms with Crippen molar-refractivity contribution < 1.29 is 27.1 Å². The summed E-state index contributed by atoms with van der Waals surface area (Å²) in [6.07, 6.45) is 4.21. The van der Waals surface area contributed by atoms with Gasteiger partial charge in [0.1, 0.15) is 5.82 Å². The molecule has 2 aliphatic rings. The Kier molecular flexibility index (Phi) is 7.46. The van der Waals surface area contributed by atoms with E-state index in [9.17, 15) is 22.4 Å². The number of hydrogen-bond donors (Lipinski definition) is 0. The van der Waals surface area contributed by atoms with E-state index in [1.54, 1.807) is 11.8 Å². The van der Waals surface area contributed by atoms with Gasteiger partial charge in [0.2, 0.25) is 10.0 Å². The van der Waals surface area contributed by atoms with Crippen molar-refractivity contribution in [3.63, 3.8) is 0 Å². The maximum absolute atomic E-state index is 13.1. The van der Waals surface area contributed by atoms with Crippen LogP contribution in [0.4, 0.5) is 4.39 Å². The zero-order chi connectivity index (χ0) is 21.7. The first kappa shape index (κ1) is 22.7. The Hall–Kier alpha value is -2.00. The molecule has 9 heteroatoms. The molecule has 0 bridgehead atoms. The Labute approximate surface area is 177 Å². The zero-order valence-electron chi connectivity index (χ0n) is 17.3. The fourth-order valence-corrected chi connectivity index (χ4v) is 5.50. The molecule has 2 saturated heterocycles. The van der Waals surface area contributed by atoms with E-state index in [1.165, 1.54) is 16.4 Å². The highest BCUT2D eigenvalue weighted by atomic mass is 32.2. The van der Waals surface area contributed by atoms with E-state index in [-0.39, 0.29) is 23.9 Å². The molecule has 1 aromatic carbocycles. The van der Waals surface area contributed by atoms with Crippen LogP contribution >= 0.6 is 0 Å². The Balaban J connectivity index is 1.61. The first-order chi connectivity index (χ1) is 14.3. The molecule has 0 N–H and O–H groups in total. The Morgan fingerprint density at radius 3 is 2.30 bits per heavy atom. The summed E-state index contributed by atoms with van der Waals surface area (Å²) in [7, 11) is -3.83. The summed E-state index contributed by atoms with van der Waals surface area (Å²) in [6, 6.07) is 4.63. The lowest BCUT2D eigenvalue weighted by molar-refractivity contribution is -0.163. The second-order valence-electron chi connectivity index (χ2n) is 7.97. The normalized spacial score (nSPS) is 22.2. The standard InChI is InChI=1S/C21H29FN2O5S/c1-16(20(25)23-12-4-2-3-5-13-23)29-21(26)17-7-6-14-24(15-17)30(27,28)19-10-8-18(22)9-11-19/h8-11,16-17H,2-7,12-15H2,1H3. The number of nitrogens with zero attached hydrogens (tertiary/aromatic N) is 2. The summed E-state index contributed by atoms with van der Waals surface area (Å²) in [5.74, 6) is -1.90. The summed E-state index contributed by atoms with van der Waals surface area (Å²) < 4.78 is 45.4. The van der Waals surface area contributed by atoms with Gasteiger partial charge in [0, 0.05) is 26.2 Å². The molecule has 1 aromatic rings. The van der Waals surface area contributed by atoms with Crippen molar-refractivity contribution in [2.24, 2.45) is 5.92 Å². The summed E-state index contributed by atoms with van der Waals surface area (Å²) in [5.41, 5.74) is 0. The third-order valence-corrected chi connectivity index (χ3v) is 7.61. The van der Waals surface area contributed by atoms with Gasteiger partial charge < -0.3 is 9.64 Å². The molecule has 0 saturated carbocycles. The van der Waals surface area contributed by atoms with Crippen molar-refractivity contribution in [3.05, 3.63) is 30.1 Å². The smallest absolute Gasteiger partial charge is 0.311 e. The molecule has 0 spiro atoms. The Bertz CT molecular complexity index is 851. The molecule has 2 unspecified atom stereocenters. The first-order valence-corrected chi connectivity index (χ1v) is 12.0. The zero-order valence-corrected chi connectivity index (χ0v) is 18.1. The van der Waals surface area contributed by atoms with Gasteiger partial charge in [-0.25, -0.2) is 12.8 Å². The van der Waals surface area contributed by atoms with Crippen LogP contribution in [-0.2, 0) is 24.3 Å². The number of carbonyl (C=O) groups is 2. The lowest BCUT2D eigenvalue weighted by Crippen LogP contribution is -2.45. The minimum Gasteiger partial charge on any atom is -0.452 e. The quantitative estimate of drug-likeness (QED) is 0.657. The maximum Gasteiger partial charge on any atom is 0.311 e. The minimum atomic E-state index is -3.83. The van der Waals surface area contributed by atoms with Crippen molar-refractivity contribution in [3.8, 4) is 0 Å². The van der Waals surface area contributed by atoms with E-state index < -0.39 is 33.8 Å². The van der Waals surface area contributed by atoms with Gasteiger partial charge >= 0.3 is 5.97 Å². The third kappa shape index (κ3) is 5.37. The van der Waals surface area contributed by atoms with Gasteiger partial charge in [-0.05, 0) is 56.9 Å². The molecule has 0 aliphatic carbocycles. The van der Waals surface area contributed by atoms with Crippen molar-refractivity contribution in [2.45, 2.75) is 56.4 Å². The van der Waals surface area contributed by atoms with Crippen LogP contribution in [0.2, 0.25) is 0 Å². The maximum atomic E-state index is 13.1. The molecule has 7 nitrogen and oxygen atoms in total. The minimum absolute atomic E-state index is 0.0107. The lowest BCUT2D eigenvalue weighted by atomic mass is 10.00. The van der Waals surface area contributed by atoms with E-state index >= 15 is 0 Å². The van der Waals surface area contributed by atoms with E-state index in [2.05, 4.69) is 0 Å². The number of likely N-dealkylation sites (tertiary alicyclic amines) is 1. The van der Waals surface area contributed by atoms with Crippen LogP contribution in [0.25, 0.3) is 0 Å². The van der Waals surface area contributed by atoms with Crippen LogP contribution in [-0.4, -0.2) is 61.8 Å². The topological polar surface area (TPSA) is 84.0 Å². The second-order valence-corrected chi connectivity index (χ2v) is 9.91. The molecule has 0 aromatic heterocycles. The van der Waals surface area contributed by atoms with Gasteiger partial charge in [0.25, 0.3) is 5.91 Å². The Morgan fingerprint density at radius 2 is 1.67 bits per heavy atom. The van der Waals surface area contributed by atoms with Gasteiger partial charge in [-0.15, -0.1) is 0 Å². The summed E-state index contributed by atoms with van der Waals surface area (Å²) in [6.45, 7) is 3.19. The average molecular weight is 441 g/mol. The van der Waals surface area contributed by atoms with Crippen molar-refractivity contribution in [1.82, 2.24) is 9.21 Å². The second kappa shape index (κ2) is 9.87. The van der Waals surface area contributed by atoms with Crippen LogP contribution in [0.5, 0.6) is 0 Å². The van der Waals surface area contributed by atoms with Crippen molar-refractivity contribution >= 4 is 21.9 Å². The number of sulfonamides is 1. The van der Waals surface area contributed by atoms with Crippen LogP contribution in [0.1, 0.15) is 45.4 Å². The van der Waals surface area contributed by atoms with Crippen LogP contribution in [0.15, 0.2) is 29.2 Å². The number of piperidine rings is 1. The van der Waals surface area contributed by atoms with Crippen LogP contribution < -0.4 is 0 Å². The monoisotopic (exact) mass is 440 g/mol. The fraction of sp³-hybridized carbons (Fsp3) is 0.619. The third-order valence-electron chi connectivity index (χ3n) is 5.73. The van der Waals surface area contributed by atoms with Gasteiger partial charge in [-0.1, -0.05) is 12.8 Å². The number of carbonyl (C=O) groups excluding carboxylic acids is 2. The molecule has 1 amide bonds. The molecule has 2 aliphatic heterocycles. The number of halogens is 1. The SMILES string of the molecule is CC(OC(=O)C1CCCN(S(=O)(=O)c2ccc(F)cc2)C1)C(=O)N1CCCCCC1. The summed E-state index contributed by atoms with van der Waals surface area (Å²) in [5, 5.41) is 0.